The molecule has 1 saturated heterocycles. The summed E-state index contributed by atoms with van der Waals surface area (Å²) in [6.07, 6.45) is 3.78. The average molecular weight is 526 g/mol. The number of nitrogens with one attached hydrogen (secondary N) is 1. The molecule has 0 unspecified atom stereocenters. The van der Waals surface area contributed by atoms with E-state index in [1.165, 1.54) is 24.8 Å². The van der Waals surface area contributed by atoms with Gasteiger partial charge >= 0.3 is 0 Å². The molecule has 3 aromatic rings. The highest BCUT2D eigenvalue weighted by Crippen LogP contribution is 2.26. The average Bonchev–Trinajstić information content (AvgIpc) is 2.87. The van der Waals surface area contributed by atoms with Crippen LogP contribution in [0.15, 0.2) is 77.7 Å². The summed E-state index contributed by atoms with van der Waals surface area (Å²) in [4.78, 5) is 15.5. The Kier molecular flexibility index (Phi) is 8.67. The van der Waals surface area contributed by atoms with E-state index in [4.69, 9.17) is 11.6 Å². The molecule has 0 radical (unpaired) electrons. The number of likely N-dealkylation sites (tertiary alicyclic amines) is 1. The van der Waals surface area contributed by atoms with Gasteiger partial charge in [-0.05, 0) is 74.3 Å². The van der Waals surface area contributed by atoms with Gasteiger partial charge in [0.2, 0.25) is 5.91 Å². The van der Waals surface area contributed by atoms with Crippen LogP contribution in [0.3, 0.4) is 0 Å². The van der Waals surface area contributed by atoms with Crippen molar-refractivity contribution in [3.8, 4) is 0 Å². The fourth-order valence-electron chi connectivity index (χ4n) is 4.38. The third-order valence-corrected chi connectivity index (χ3v) is 8.35. The van der Waals surface area contributed by atoms with E-state index < -0.39 is 15.9 Å². The molecule has 0 saturated carbocycles. The summed E-state index contributed by atoms with van der Waals surface area (Å²) in [5.74, 6) is -0.396. The number of carbonyl (C=O) groups is 1. The quantitative estimate of drug-likeness (QED) is 0.419. The first-order chi connectivity index (χ1) is 17.3. The zero-order valence-electron chi connectivity index (χ0n) is 20.5. The molecule has 1 amide bonds. The number of amides is 1. The Labute approximate surface area is 218 Å². The van der Waals surface area contributed by atoms with Crippen LogP contribution in [0.4, 0.5) is 5.69 Å². The van der Waals surface area contributed by atoms with Crippen LogP contribution in [0.5, 0.6) is 0 Å². The Morgan fingerprint density at radius 3 is 2.36 bits per heavy atom. The van der Waals surface area contributed by atoms with Gasteiger partial charge in [0.25, 0.3) is 10.0 Å². The van der Waals surface area contributed by atoms with Crippen LogP contribution in [-0.4, -0.2) is 38.9 Å². The molecule has 8 heteroatoms. The van der Waals surface area contributed by atoms with Gasteiger partial charge in [0.15, 0.2) is 0 Å². The van der Waals surface area contributed by atoms with Gasteiger partial charge in [-0.2, -0.15) is 0 Å². The maximum atomic E-state index is 13.5. The number of sulfonamides is 1. The lowest BCUT2D eigenvalue weighted by molar-refractivity contribution is -0.119. The lowest BCUT2D eigenvalue weighted by Crippen LogP contribution is -2.40. The SMILES string of the molecule is Cc1ccc(S(=O)(=O)N(CC(=O)NCc2cccc(CN3CCCCC3)c2)c2cccc(Cl)c2)cc1. The summed E-state index contributed by atoms with van der Waals surface area (Å²) in [7, 11) is -3.98. The van der Waals surface area contributed by atoms with Crippen molar-refractivity contribution in [3.63, 3.8) is 0 Å². The van der Waals surface area contributed by atoms with E-state index in [9.17, 15) is 13.2 Å². The number of carbonyl (C=O) groups excluding carboxylic acids is 1. The molecule has 36 heavy (non-hydrogen) atoms. The number of piperidine rings is 1. The van der Waals surface area contributed by atoms with Gasteiger partial charge < -0.3 is 5.32 Å². The Bertz CT molecular complexity index is 1290. The van der Waals surface area contributed by atoms with Gasteiger partial charge in [-0.1, -0.05) is 66.0 Å². The second-order valence-electron chi connectivity index (χ2n) is 9.24. The van der Waals surface area contributed by atoms with Gasteiger partial charge in [0, 0.05) is 18.1 Å². The molecule has 190 valence electrons. The largest absolute Gasteiger partial charge is 0.350 e. The number of anilines is 1. The Balaban J connectivity index is 1.47. The van der Waals surface area contributed by atoms with Gasteiger partial charge in [-0.3, -0.25) is 14.0 Å². The number of hydrogen-bond donors (Lipinski definition) is 1. The van der Waals surface area contributed by atoms with Crippen LogP contribution < -0.4 is 9.62 Å². The molecular formula is C28H32ClN3O3S. The number of rotatable bonds is 9. The Morgan fingerprint density at radius 2 is 1.64 bits per heavy atom. The normalized spacial score (nSPS) is 14.4. The van der Waals surface area contributed by atoms with E-state index in [0.717, 1.165) is 35.1 Å². The topological polar surface area (TPSA) is 69.7 Å². The molecule has 0 atom stereocenters. The van der Waals surface area contributed by atoms with Crippen molar-refractivity contribution in [2.75, 3.05) is 23.9 Å². The minimum absolute atomic E-state index is 0.117. The predicted molar refractivity (Wildman–Crippen MR) is 145 cm³/mol. The molecule has 1 aliphatic heterocycles. The summed E-state index contributed by atoms with van der Waals surface area (Å²) >= 11 is 6.14. The molecule has 4 rings (SSSR count). The second-order valence-corrected chi connectivity index (χ2v) is 11.5. The van der Waals surface area contributed by atoms with E-state index >= 15 is 0 Å². The monoisotopic (exact) mass is 525 g/mol. The number of hydrogen-bond acceptors (Lipinski definition) is 4. The van der Waals surface area contributed by atoms with Gasteiger partial charge in [0.1, 0.15) is 6.54 Å². The van der Waals surface area contributed by atoms with Gasteiger partial charge in [-0.15, -0.1) is 0 Å². The van der Waals surface area contributed by atoms with Crippen LogP contribution in [0.2, 0.25) is 5.02 Å². The predicted octanol–water partition coefficient (Wildman–Crippen LogP) is 5.15. The molecule has 1 aliphatic rings. The van der Waals surface area contributed by atoms with E-state index in [-0.39, 0.29) is 11.4 Å². The maximum absolute atomic E-state index is 13.5. The van der Waals surface area contributed by atoms with Crippen molar-refractivity contribution in [3.05, 3.63) is 94.5 Å². The van der Waals surface area contributed by atoms with E-state index in [2.05, 4.69) is 22.3 Å². The van der Waals surface area contributed by atoms with Gasteiger partial charge in [-0.25, -0.2) is 8.42 Å². The van der Waals surface area contributed by atoms with E-state index in [1.807, 2.05) is 19.1 Å². The van der Waals surface area contributed by atoms with Crippen LogP contribution >= 0.6 is 11.6 Å². The van der Waals surface area contributed by atoms with Crippen molar-refractivity contribution >= 4 is 33.2 Å². The molecule has 1 fully saturated rings. The highest BCUT2D eigenvalue weighted by atomic mass is 35.5. The third-order valence-electron chi connectivity index (χ3n) is 6.33. The highest BCUT2D eigenvalue weighted by Gasteiger charge is 2.27. The zero-order valence-corrected chi connectivity index (χ0v) is 22.1. The minimum atomic E-state index is -3.98. The van der Waals surface area contributed by atoms with Crippen LogP contribution in [-0.2, 0) is 27.9 Å². The molecule has 6 nitrogen and oxygen atoms in total. The van der Waals surface area contributed by atoms with E-state index in [1.54, 1.807) is 48.5 Å². The summed E-state index contributed by atoms with van der Waals surface area (Å²) in [5.41, 5.74) is 3.48. The van der Waals surface area contributed by atoms with Crippen molar-refractivity contribution in [2.45, 2.75) is 44.2 Å². The first-order valence-electron chi connectivity index (χ1n) is 12.2. The fraction of sp³-hybridized carbons (Fsp3) is 0.321. The van der Waals surface area contributed by atoms with Gasteiger partial charge in [0.05, 0.1) is 10.6 Å². The van der Waals surface area contributed by atoms with Crippen LogP contribution in [0.25, 0.3) is 0 Å². The lowest BCUT2D eigenvalue weighted by Gasteiger charge is -2.26. The second kappa shape index (κ2) is 11.9. The number of nitrogens with zero attached hydrogens (tertiary/aromatic N) is 2. The molecule has 0 spiro atoms. The molecule has 0 bridgehead atoms. The number of aryl methyl sites for hydroxylation is 1. The summed E-state index contributed by atoms with van der Waals surface area (Å²) in [5, 5.41) is 3.28. The molecule has 1 N–H and O–H groups in total. The third kappa shape index (κ3) is 6.87. The zero-order chi connectivity index (χ0) is 25.5. The maximum Gasteiger partial charge on any atom is 0.264 e. The van der Waals surface area contributed by atoms with Crippen molar-refractivity contribution in [1.82, 2.24) is 10.2 Å². The fourth-order valence-corrected chi connectivity index (χ4v) is 5.98. The molecule has 0 aromatic heterocycles. The first kappa shape index (κ1) is 26.2. The summed E-state index contributed by atoms with van der Waals surface area (Å²) in [6.45, 7) is 5.00. The first-order valence-corrected chi connectivity index (χ1v) is 14.0. The van der Waals surface area contributed by atoms with Crippen molar-refractivity contribution in [2.24, 2.45) is 0 Å². The Morgan fingerprint density at radius 1 is 0.944 bits per heavy atom. The van der Waals surface area contributed by atoms with E-state index in [0.29, 0.717) is 17.3 Å². The summed E-state index contributed by atoms with van der Waals surface area (Å²) in [6, 6.07) is 21.3. The highest BCUT2D eigenvalue weighted by molar-refractivity contribution is 7.92. The van der Waals surface area contributed by atoms with Crippen LogP contribution in [0.1, 0.15) is 36.0 Å². The summed E-state index contributed by atoms with van der Waals surface area (Å²) < 4.78 is 28.1. The van der Waals surface area contributed by atoms with Crippen molar-refractivity contribution < 1.29 is 13.2 Å². The smallest absolute Gasteiger partial charge is 0.264 e. The molecule has 1 heterocycles. The molecule has 3 aromatic carbocycles. The molecular weight excluding hydrogens is 494 g/mol. The standard InChI is InChI=1S/C28H32ClN3O3S/c1-22-11-13-27(14-12-22)36(34,35)32(26-10-6-9-25(29)18-26)21-28(33)30-19-23-7-5-8-24(17-23)20-31-15-3-2-4-16-31/h5-14,17-18H,2-4,15-16,19-21H2,1H3,(H,30,33). The lowest BCUT2D eigenvalue weighted by atomic mass is 10.1. The van der Waals surface area contributed by atoms with Crippen LogP contribution in [0, 0.1) is 6.92 Å². The Hall–Kier alpha value is -2.87. The molecule has 0 aliphatic carbocycles. The van der Waals surface area contributed by atoms with Crippen molar-refractivity contribution in [1.29, 1.82) is 0 Å². The number of benzene rings is 3. The number of halogens is 1. The minimum Gasteiger partial charge on any atom is -0.350 e.